The molecule has 0 spiro atoms. The molecule has 4 heteroatoms. The normalized spacial score (nSPS) is 12.5. The third-order valence-electron chi connectivity index (χ3n) is 1.94. The van der Waals surface area contributed by atoms with E-state index in [2.05, 4.69) is 4.98 Å². The molecule has 1 aromatic rings. The summed E-state index contributed by atoms with van der Waals surface area (Å²) < 4.78 is 5.17. The lowest BCUT2D eigenvalue weighted by Gasteiger charge is -2.09. The highest BCUT2D eigenvalue weighted by Crippen LogP contribution is 2.14. The average Bonchev–Trinajstić information content (AvgIpc) is 2.26. The summed E-state index contributed by atoms with van der Waals surface area (Å²) in [6.07, 6.45) is 2.49. The lowest BCUT2D eigenvalue weighted by atomic mass is 10.1. The Morgan fingerprint density at radius 1 is 1.57 bits per heavy atom. The molecule has 0 aliphatic rings. The van der Waals surface area contributed by atoms with Crippen LogP contribution >= 0.6 is 0 Å². The maximum atomic E-state index is 8.54. The summed E-state index contributed by atoms with van der Waals surface area (Å²) in [6.45, 7) is 2.32. The van der Waals surface area contributed by atoms with Gasteiger partial charge >= 0.3 is 0 Å². The fourth-order valence-corrected chi connectivity index (χ4v) is 1.07. The first-order chi connectivity index (χ1) is 6.77. The molecule has 0 aliphatic heterocycles. The van der Waals surface area contributed by atoms with Crippen LogP contribution in [0.1, 0.15) is 25.1 Å². The van der Waals surface area contributed by atoms with Gasteiger partial charge in [-0.3, -0.25) is 4.98 Å². The van der Waals surface area contributed by atoms with Crippen molar-refractivity contribution in [2.24, 2.45) is 5.73 Å². The number of aromatic nitrogens is 1. The molecule has 0 saturated carbocycles. The number of rotatable bonds is 5. The molecular formula is C10H16N2O2. The van der Waals surface area contributed by atoms with Gasteiger partial charge in [0.15, 0.2) is 0 Å². The first kappa shape index (κ1) is 10.9. The van der Waals surface area contributed by atoms with Gasteiger partial charge in [-0.25, -0.2) is 0 Å². The lowest BCUT2D eigenvalue weighted by Crippen LogP contribution is -2.10. The number of hydrogen-bond acceptors (Lipinski definition) is 4. The van der Waals surface area contributed by atoms with E-state index in [1.807, 2.05) is 19.1 Å². The second kappa shape index (κ2) is 5.57. The Morgan fingerprint density at radius 2 is 2.36 bits per heavy atom. The molecular weight excluding hydrogens is 180 g/mol. The largest absolute Gasteiger partial charge is 0.490 e. The summed E-state index contributed by atoms with van der Waals surface area (Å²) in [5.74, 6) is 0.658. The molecule has 0 fully saturated rings. The second-order valence-corrected chi connectivity index (χ2v) is 3.01. The van der Waals surface area contributed by atoms with E-state index in [1.165, 1.54) is 0 Å². The van der Waals surface area contributed by atoms with Crippen LogP contribution in [0.2, 0.25) is 0 Å². The zero-order valence-electron chi connectivity index (χ0n) is 8.31. The highest BCUT2D eigenvalue weighted by molar-refractivity contribution is 5.21. The molecule has 1 unspecified atom stereocenters. The van der Waals surface area contributed by atoms with Gasteiger partial charge in [-0.05, 0) is 18.6 Å². The van der Waals surface area contributed by atoms with E-state index in [0.717, 1.165) is 12.1 Å². The number of pyridine rings is 1. The molecule has 3 N–H and O–H groups in total. The van der Waals surface area contributed by atoms with E-state index < -0.39 is 0 Å². The number of nitrogens with zero attached hydrogens (tertiary/aromatic N) is 1. The summed E-state index contributed by atoms with van der Waals surface area (Å²) in [5.41, 5.74) is 6.67. The molecule has 0 amide bonds. The minimum atomic E-state index is -0.0121. The smallest absolute Gasteiger partial charge is 0.137 e. The Bertz CT molecular complexity index is 261. The molecule has 0 radical (unpaired) electrons. The van der Waals surface area contributed by atoms with Crippen molar-refractivity contribution in [3.8, 4) is 5.75 Å². The summed E-state index contributed by atoms with van der Waals surface area (Å²) in [6, 6.07) is 3.65. The van der Waals surface area contributed by atoms with Crippen molar-refractivity contribution >= 4 is 0 Å². The predicted octanol–water partition coefficient (Wildman–Crippen LogP) is 0.863. The van der Waals surface area contributed by atoms with Crippen molar-refractivity contribution in [2.45, 2.75) is 19.4 Å². The minimum Gasteiger partial charge on any atom is -0.490 e. The Kier molecular flexibility index (Phi) is 4.35. The van der Waals surface area contributed by atoms with Gasteiger partial charge in [0.1, 0.15) is 12.4 Å². The van der Waals surface area contributed by atoms with Gasteiger partial charge in [0.25, 0.3) is 0 Å². The number of nitrogens with two attached hydrogens (primary N) is 1. The van der Waals surface area contributed by atoms with E-state index in [-0.39, 0.29) is 12.6 Å². The van der Waals surface area contributed by atoms with Crippen LogP contribution in [0.15, 0.2) is 18.3 Å². The number of hydrogen-bond donors (Lipinski definition) is 2. The van der Waals surface area contributed by atoms with Gasteiger partial charge in [0.2, 0.25) is 0 Å². The summed E-state index contributed by atoms with van der Waals surface area (Å²) in [5, 5.41) is 8.54. The molecule has 1 aromatic heterocycles. The zero-order valence-corrected chi connectivity index (χ0v) is 8.31. The van der Waals surface area contributed by atoms with E-state index in [1.54, 1.807) is 6.20 Å². The van der Waals surface area contributed by atoms with Crippen molar-refractivity contribution in [1.82, 2.24) is 4.98 Å². The van der Waals surface area contributed by atoms with Crippen molar-refractivity contribution < 1.29 is 9.84 Å². The van der Waals surface area contributed by atoms with Gasteiger partial charge in [0, 0.05) is 6.04 Å². The van der Waals surface area contributed by atoms with Gasteiger partial charge in [0.05, 0.1) is 18.5 Å². The third kappa shape index (κ3) is 2.97. The van der Waals surface area contributed by atoms with E-state index in [4.69, 9.17) is 15.6 Å². The third-order valence-corrected chi connectivity index (χ3v) is 1.94. The molecule has 1 heterocycles. The van der Waals surface area contributed by atoms with E-state index in [0.29, 0.717) is 12.4 Å². The quantitative estimate of drug-likeness (QED) is 0.733. The van der Waals surface area contributed by atoms with E-state index >= 15 is 0 Å². The Labute approximate surface area is 83.7 Å². The van der Waals surface area contributed by atoms with Crippen LogP contribution in [0.5, 0.6) is 5.75 Å². The standard InChI is InChI=1S/C10H16N2O2/c1-2-9(11)10-4-3-8(7-12-10)14-6-5-13/h3-4,7,9,13H,2,5-6,11H2,1H3. The molecule has 14 heavy (non-hydrogen) atoms. The first-order valence-electron chi connectivity index (χ1n) is 4.73. The average molecular weight is 196 g/mol. The Hall–Kier alpha value is -1.13. The highest BCUT2D eigenvalue weighted by Gasteiger charge is 2.04. The number of ether oxygens (including phenoxy) is 1. The minimum absolute atomic E-state index is 0.0101. The summed E-state index contributed by atoms with van der Waals surface area (Å²) in [4.78, 5) is 4.17. The Balaban J connectivity index is 2.59. The van der Waals surface area contributed by atoms with Crippen molar-refractivity contribution in [1.29, 1.82) is 0 Å². The van der Waals surface area contributed by atoms with Crippen LogP contribution in [-0.2, 0) is 0 Å². The van der Waals surface area contributed by atoms with Crippen LogP contribution in [-0.4, -0.2) is 23.3 Å². The molecule has 1 rings (SSSR count). The van der Waals surface area contributed by atoms with Gasteiger partial charge < -0.3 is 15.6 Å². The van der Waals surface area contributed by atoms with Gasteiger partial charge in [-0.15, -0.1) is 0 Å². The van der Waals surface area contributed by atoms with Crippen molar-refractivity contribution in [2.75, 3.05) is 13.2 Å². The number of aliphatic hydroxyl groups excluding tert-OH is 1. The molecule has 1 atom stereocenters. The summed E-state index contributed by atoms with van der Waals surface area (Å²) in [7, 11) is 0. The Morgan fingerprint density at radius 3 is 2.86 bits per heavy atom. The molecule has 4 nitrogen and oxygen atoms in total. The molecule has 78 valence electrons. The highest BCUT2D eigenvalue weighted by atomic mass is 16.5. The maximum absolute atomic E-state index is 8.54. The lowest BCUT2D eigenvalue weighted by molar-refractivity contribution is 0.201. The topological polar surface area (TPSA) is 68.4 Å². The molecule has 0 aliphatic carbocycles. The van der Waals surface area contributed by atoms with Crippen LogP contribution in [0, 0.1) is 0 Å². The van der Waals surface area contributed by atoms with Crippen LogP contribution in [0.25, 0.3) is 0 Å². The molecule has 0 aromatic carbocycles. The fraction of sp³-hybridized carbons (Fsp3) is 0.500. The summed E-state index contributed by atoms with van der Waals surface area (Å²) >= 11 is 0. The maximum Gasteiger partial charge on any atom is 0.137 e. The van der Waals surface area contributed by atoms with E-state index in [9.17, 15) is 0 Å². The predicted molar refractivity (Wildman–Crippen MR) is 54.0 cm³/mol. The SMILES string of the molecule is CCC(N)c1ccc(OCCO)cn1. The monoisotopic (exact) mass is 196 g/mol. The molecule has 0 bridgehead atoms. The van der Waals surface area contributed by atoms with Crippen molar-refractivity contribution in [3.63, 3.8) is 0 Å². The van der Waals surface area contributed by atoms with Crippen LogP contribution < -0.4 is 10.5 Å². The van der Waals surface area contributed by atoms with Crippen molar-refractivity contribution in [3.05, 3.63) is 24.0 Å². The second-order valence-electron chi connectivity index (χ2n) is 3.01. The number of aliphatic hydroxyl groups is 1. The molecule has 0 saturated heterocycles. The van der Waals surface area contributed by atoms with Crippen LogP contribution in [0.3, 0.4) is 0 Å². The van der Waals surface area contributed by atoms with Crippen LogP contribution in [0.4, 0.5) is 0 Å². The van der Waals surface area contributed by atoms with Gasteiger partial charge in [-0.2, -0.15) is 0 Å². The fourth-order valence-electron chi connectivity index (χ4n) is 1.07. The zero-order chi connectivity index (χ0) is 10.4. The van der Waals surface area contributed by atoms with Gasteiger partial charge in [-0.1, -0.05) is 6.92 Å². The first-order valence-corrected chi connectivity index (χ1v) is 4.73.